The number of carboxylic acids is 2. The summed E-state index contributed by atoms with van der Waals surface area (Å²) in [5.74, 6) is -2.07. The zero-order valence-electron chi connectivity index (χ0n) is 17.1. The molecule has 166 valence electrons. The fourth-order valence-corrected chi connectivity index (χ4v) is 4.55. The van der Waals surface area contributed by atoms with E-state index in [0.717, 1.165) is 0 Å². The zero-order valence-corrected chi connectivity index (χ0v) is 17.9. The number of benzene rings is 2. The molecular weight excluding hydrogens is 438 g/mol. The minimum Gasteiger partial charge on any atom is -0.535 e. The van der Waals surface area contributed by atoms with Gasteiger partial charge in [-0.25, -0.2) is 9.59 Å². The minimum absolute atomic E-state index is 0.000903. The van der Waals surface area contributed by atoms with Crippen LogP contribution in [0.25, 0.3) is 0 Å². The molecule has 0 fully saturated rings. The van der Waals surface area contributed by atoms with Crippen LogP contribution in [0, 0.1) is 0 Å². The van der Waals surface area contributed by atoms with Gasteiger partial charge in [-0.15, -0.1) is 0 Å². The highest BCUT2D eigenvalue weighted by Crippen LogP contribution is 2.35. The van der Waals surface area contributed by atoms with E-state index in [4.69, 9.17) is 14.0 Å². The SMILES string of the molecule is CS[C@H]1Cc2cc(CO[C@H]3Cc4cccc(C(=O)O)c4OB3O)cc(C(=O)O)c2OB1O. The molecule has 0 saturated heterocycles. The lowest BCUT2D eigenvalue weighted by Gasteiger charge is -2.29. The van der Waals surface area contributed by atoms with Gasteiger partial charge in [-0.3, -0.25) is 0 Å². The summed E-state index contributed by atoms with van der Waals surface area (Å²) < 4.78 is 16.7. The molecule has 32 heavy (non-hydrogen) atoms. The smallest absolute Gasteiger partial charge is 0.535 e. The van der Waals surface area contributed by atoms with Gasteiger partial charge >= 0.3 is 26.2 Å². The molecule has 2 atom stereocenters. The summed E-state index contributed by atoms with van der Waals surface area (Å²) >= 11 is 1.43. The molecule has 0 spiro atoms. The fraction of sp³-hybridized carbons (Fsp3) is 0.300. The Hall–Kier alpha value is -2.66. The molecule has 12 heteroatoms. The van der Waals surface area contributed by atoms with Gasteiger partial charge in [-0.1, -0.05) is 12.1 Å². The Morgan fingerprint density at radius 2 is 1.72 bits per heavy atom. The number of ether oxygens (including phenoxy) is 1. The number of fused-ring (bicyclic) bond motifs is 2. The van der Waals surface area contributed by atoms with Gasteiger partial charge in [0, 0.05) is 6.42 Å². The van der Waals surface area contributed by atoms with E-state index < -0.39 is 32.2 Å². The molecule has 0 aromatic heterocycles. The number of hydrogen-bond acceptors (Lipinski definition) is 8. The van der Waals surface area contributed by atoms with Gasteiger partial charge in [0.05, 0.1) is 17.3 Å². The van der Waals surface area contributed by atoms with Crippen molar-refractivity contribution < 1.29 is 43.9 Å². The molecule has 0 radical (unpaired) electrons. The van der Waals surface area contributed by atoms with Gasteiger partial charge in [0.1, 0.15) is 23.1 Å². The van der Waals surface area contributed by atoms with Crippen molar-refractivity contribution in [1.29, 1.82) is 0 Å². The summed E-state index contributed by atoms with van der Waals surface area (Å²) in [6.45, 7) is -0.000903. The van der Waals surface area contributed by atoms with Crippen LogP contribution in [0.1, 0.15) is 37.4 Å². The average Bonchev–Trinajstić information content (AvgIpc) is 2.76. The third-order valence-corrected chi connectivity index (χ3v) is 6.51. The quantitative estimate of drug-likeness (QED) is 0.468. The monoisotopic (exact) mass is 458 g/mol. The summed E-state index contributed by atoms with van der Waals surface area (Å²) in [7, 11) is -2.47. The van der Waals surface area contributed by atoms with Crippen molar-refractivity contribution in [1.82, 2.24) is 0 Å². The molecule has 4 N–H and O–H groups in total. The Morgan fingerprint density at radius 3 is 2.41 bits per heavy atom. The molecule has 2 aliphatic heterocycles. The van der Waals surface area contributed by atoms with Crippen molar-refractivity contribution in [3.63, 3.8) is 0 Å². The largest absolute Gasteiger partial charge is 0.554 e. The second-order valence-electron chi connectivity index (χ2n) is 7.58. The molecule has 0 aliphatic carbocycles. The predicted octanol–water partition coefficient (Wildman–Crippen LogP) is 1.31. The molecule has 0 bridgehead atoms. The summed E-state index contributed by atoms with van der Waals surface area (Å²) in [5.41, 5.74) is 1.72. The van der Waals surface area contributed by atoms with Crippen LogP contribution < -0.4 is 9.31 Å². The molecular formula is C20H20B2O9S. The maximum absolute atomic E-state index is 11.7. The van der Waals surface area contributed by atoms with Crippen LogP contribution in [0.2, 0.25) is 0 Å². The van der Waals surface area contributed by atoms with Crippen molar-refractivity contribution in [2.24, 2.45) is 0 Å². The Labute approximate surface area is 188 Å². The first kappa shape index (κ1) is 22.5. The van der Waals surface area contributed by atoms with E-state index in [1.807, 2.05) is 6.26 Å². The number of hydrogen-bond donors (Lipinski definition) is 4. The van der Waals surface area contributed by atoms with Crippen molar-refractivity contribution in [2.75, 3.05) is 6.26 Å². The molecule has 0 saturated carbocycles. The number of aromatic carboxylic acids is 2. The Kier molecular flexibility index (Phi) is 6.38. The van der Waals surface area contributed by atoms with Gasteiger partial charge in [-0.2, -0.15) is 11.8 Å². The van der Waals surface area contributed by atoms with Crippen LogP contribution in [-0.2, 0) is 24.2 Å². The van der Waals surface area contributed by atoms with Crippen LogP contribution in [0.15, 0.2) is 30.3 Å². The van der Waals surface area contributed by atoms with Crippen LogP contribution in [0.4, 0.5) is 0 Å². The third kappa shape index (κ3) is 4.31. The number of rotatable bonds is 6. The molecule has 2 aromatic rings. The normalized spacial score (nSPS) is 19.5. The number of carbonyl (C=O) groups is 2. The molecule has 2 heterocycles. The number of para-hydroxylation sites is 1. The highest BCUT2D eigenvalue weighted by Gasteiger charge is 2.39. The molecule has 2 aliphatic rings. The lowest BCUT2D eigenvalue weighted by atomic mass is 9.74. The van der Waals surface area contributed by atoms with Crippen LogP contribution in [0.5, 0.6) is 11.5 Å². The Balaban J connectivity index is 1.54. The maximum Gasteiger partial charge on any atom is 0.554 e. The molecule has 4 rings (SSSR count). The summed E-state index contributed by atoms with van der Waals surface area (Å²) in [6, 6.07) is 7.11. The van der Waals surface area contributed by atoms with E-state index in [0.29, 0.717) is 23.1 Å². The van der Waals surface area contributed by atoms with E-state index in [2.05, 4.69) is 0 Å². The van der Waals surface area contributed by atoms with E-state index in [1.165, 1.54) is 23.9 Å². The van der Waals surface area contributed by atoms with Crippen molar-refractivity contribution in [3.05, 3.63) is 58.1 Å². The summed E-state index contributed by atoms with van der Waals surface area (Å²) in [4.78, 5) is 23.1. The Morgan fingerprint density at radius 1 is 1.03 bits per heavy atom. The van der Waals surface area contributed by atoms with Crippen molar-refractivity contribution in [2.45, 2.75) is 30.6 Å². The van der Waals surface area contributed by atoms with Crippen LogP contribution >= 0.6 is 11.8 Å². The van der Waals surface area contributed by atoms with Gasteiger partial charge in [0.15, 0.2) is 0 Å². The van der Waals surface area contributed by atoms with Crippen LogP contribution in [-0.4, -0.2) is 63.8 Å². The van der Waals surface area contributed by atoms with Gasteiger partial charge < -0.3 is 34.3 Å². The maximum atomic E-state index is 11.7. The highest BCUT2D eigenvalue weighted by molar-refractivity contribution is 8.00. The molecule has 0 unspecified atom stereocenters. The molecule has 9 nitrogen and oxygen atoms in total. The van der Waals surface area contributed by atoms with Crippen LogP contribution in [0.3, 0.4) is 0 Å². The summed E-state index contributed by atoms with van der Waals surface area (Å²) in [5, 5.41) is 39.1. The Bertz CT molecular complexity index is 1060. The predicted molar refractivity (Wildman–Crippen MR) is 117 cm³/mol. The van der Waals surface area contributed by atoms with E-state index >= 15 is 0 Å². The summed E-state index contributed by atoms with van der Waals surface area (Å²) in [6.07, 6.45) is 2.51. The zero-order chi connectivity index (χ0) is 23.0. The standard InChI is InChI=1S/C20H20B2O9S/c1-32-16-8-12-5-10(6-14(20(25)26)18(12)31-22(16)28)9-29-15-7-11-3-2-4-13(19(23)24)17(11)30-21(15)27/h2-6,15-16,27-28H,7-9H2,1H3,(H,23,24)(H,25,26)/t15-,16-/m0/s1. The van der Waals surface area contributed by atoms with Gasteiger partial charge in [0.25, 0.3) is 0 Å². The molecule has 0 amide bonds. The van der Waals surface area contributed by atoms with E-state index in [1.54, 1.807) is 18.2 Å². The fourth-order valence-electron chi connectivity index (χ4n) is 3.91. The van der Waals surface area contributed by atoms with E-state index in [9.17, 15) is 29.9 Å². The average molecular weight is 458 g/mol. The second-order valence-corrected chi connectivity index (χ2v) is 8.66. The lowest BCUT2D eigenvalue weighted by Crippen LogP contribution is -2.44. The number of carboxylic acid groups (broad SMARTS) is 2. The topological polar surface area (TPSA) is 143 Å². The first-order chi connectivity index (χ1) is 15.3. The van der Waals surface area contributed by atoms with Gasteiger partial charge in [-0.05, 0) is 47.6 Å². The van der Waals surface area contributed by atoms with Crippen molar-refractivity contribution >= 4 is 37.9 Å². The lowest BCUT2D eigenvalue weighted by molar-refractivity contribution is 0.0621. The van der Waals surface area contributed by atoms with Gasteiger partial charge in [0.2, 0.25) is 0 Å². The van der Waals surface area contributed by atoms with E-state index in [-0.39, 0.29) is 40.8 Å². The third-order valence-electron chi connectivity index (χ3n) is 5.51. The highest BCUT2D eigenvalue weighted by atomic mass is 32.2. The minimum atomic E-state index is -1.38. The first-order valence-electron chi connectivity index (χ1n) is 9.86. The van der Waals surface area contributed by atoms with Crippen molar-refractivity contribution in [3.8, 4) is 11.5 Å². The number of thioether (sulfide) groups is 1. The first-order valence-corrected chi connectivity index (χ1v) is 11.2. The second kappa shape index (κ2) is 9.07. The molecule has 2 aromatic carbocycles.